The van der Waals surface area contributed by atoms with Crippen LogP contribution in [0.15, 0.2) is 40.8 Å². The molecular formula is C18H20N2O3S. The first-order valence-corrected chi connectivity index (χ1v) is 8.88. The number of aliphatic hydroxyl groups is 2. The SMILES string of the molecule is CC1(CO)CC(O)CN1Cc1ccc(-c2nc3ccccc3s2)o1. The summed E-state index contributed by atoms with van der Waals surface area (Å²) in [6.45, 7) is 3.11. The average Bonchev–Trinajstić information content (AvgIpc) is 3.25. The van der Waals surface area contributed by atoms with Gasteiger partial charge in [-0.1, -0.05) is 12.1 Å². The van der Waals surface area contributed by atoms with Crippen LogP contribution in [0.1, 0.15) is 19.1 Å². The van der Waals surface area contributed by atoms with Crippen molar-refractivity contribution in [2.24, 2.45) is 0 Å². The molecule has 2 aromatic heterocycles. The summed E-state index contributed by atoms with van der Waals surface area (Å²) in [5.41, 5.74) is 0.577. The third-order valence-electron chi connectivity index (χ3n) is 4.72. The Morgan fingerprint density at radius 3 is 2.96 bits per heavy atom. The van der Waals surface area contributed by atoms with Gasteiger partial charge < -0.3 is 14.6 Å². The Hall–Kier alpha value is -1.73. The molecular weight excluding hydrogens is 324 g/mol. The van der Waals surface area contributed by atoms with Crippen LogP contribution in [0.3, 0.4) is 0 Å². The van der Waals surface area contributed by atoms with Crippen molar-refractivity contribution >= 4 is 21.6 Å². The van der Waals surface area contributed by atoms with E-state index in [0.29, 0.717) is 19.5 Å². The van der Waals surface area contributed by atoms with E-state index < -0.39 is 11.6 Å². The van der Waals surface area contributed by atoms with Crippen molar-refractivity contribution in [3.63, 3.8) is 0 Å². The minimum absolute atomic E-state index is 0.0233. The zero-order valence-corrected chi connectivity index (χ0v) is 14.3. The van der Waals surface area contributed by atoms with E-state index in [1.807, 2.05) is 37.3 Å². The molecule has 6 heteroatoms. The van der Waals surface area contributed by atoms with Gasteiger partial charge in [-0.15, -0.1) is 11.3 Å². The molecule has 2 N–H and O–H groups in total. The number of rotatable bonds is 4. The van der Waals surface area contributed by atoms with Gasteiger partial charge in [-0.2, -0.15) is 0 Å². The zero-order chi connectivity index (χ0) is 16.7. The largest absolute Gasteiger partial charge is 0.457 e. The number of furan rings is 1. The summed E-state index contributed by atoms with van der Waals surface area (Å²) in [6, 6.07) is 11.9. The highest BCUT2D eigenvalue weighted by Crippen LogP contribution is 2.34. The minimum Gasteiger partial charge on any atom is -0.457 e. The molecule has 24 heavy (non-hydrogen) atoms. The molecule has 1 aromatic carbocycles. The molecule has 1 aliphatic heterocycles. The quantitative estimate of drug-likeness (QED) is 0.762. The molecule has 3 heterocycles. The summed E-state index contributed by atoms with van der Waals surface area (Å²) in [7, 11) is 0. The fourth-order valence-electron chi connectivity index (χ4n) is 3.34. The van der Waals surface area contributed by atoms with Crippen molar-refractivity contribution in [2.75, 3.05) is 13.2 Å². The number of fused-ring (bicyclic) bond motifs is 1. The molecule has 1 aliphatic rings. The summed E-state index contributed by atoms with van der Waals surface area (Å²) in [4.78, 5) is 6.70. The van der Waals surface area contributed by atoms with Gasteiger partial charge in [0.1, 0.15) is 5.76 Å². The van der Waals surface area contributed by atoms with Gasteiger partial charge in [-0.25, -0.2) is 4.98 Å². The van der Waals surface area contributed by atoms with Gasteiger partial charge in [0.05, 0.1) is 29.5 Å². The number of β-amino-alcohol motifs (C(OH)–C–C–N with tert-alkyl or cyclic N) is 1. The molecule has 1 saturated heterocycles. The zero-order valence-electron chi connectivity index (χ0n) is 13.5. The molecule has 2 atom stereocenters. The molecule has 126 valence electrons. The third kappa shape index (κ3) is 2.75. The normalized spacial score (nSPS) is 24.9. The van der Waals surface area contributed by atoms with E-state index in [2.05, 4.69) is 16.0 Å². The number of para-hydroxylation sites is 1. The Morgan fingerprint density at radius 1 is 1.33 bits per heavy atom. The topological polar surface area (TPSA) is 69.7 Å². The number of benzene rings is 1. The van der Waals surface area contributed by atoms with Crippen molar-refractivity contribution in [3.05, 3.63) is 42.2 Å². The molecule has 2 unspecified atom stereocenters. The van der Waals surface area contributed by atoms with Crippen LogP contribution in [0.4, 0.5) is 0 Å². The Labute approximate surface area is 144 Å². The molecule has 0 bridgehead atoms. The summed E-state index contributed by atoms with van der Waals surface area (Å²) in [5, 5.41) is 20.4. The first kappa shape index (κ1) is 15.8. The lowest BCUT2D eigenvalue weighted by molar-refractivity contribution is 0.0684. The second-order valence-electron chi connectivity index (χ2n) is 6.65. The lowest BCUT2D eigenvalue weighted by Gasteiger charge is -2.32. The number of nitrogens with zero attached hydrogens (tertiary/aromatic N) is 2. The second-order valence-corrected chi connectivity index (χ2v) is 7.68. The van der Waals surface area contributed by atoms with Crippen LogP contribution >= 0.6 is 11.3 Å². The molecule has 0 saturated carbocycles. The molecule has 4 rings (SSSR count). The first-order chi connectivity index (χ1) is 11.6. The Balaban J connectivity index is 1.56. The van der Waals surface area contributed by atoms with Crippen LogP contribution in [0.5, 0.6) is 0 Å². The van der Waals surface area contributed by atoms with Crippen LogP contribution in [0, 0.1) is 0 Å². The predicted molar refractivity (Wildman–Crippen MR) is 93.8 cm³/mol. The molecule has 1 fully saturated rings. The summed E-state index contributed by atoms with van der Waals surface area (Å²) in [5.74, 6) is 1.58. The molecule has 5 nitrogen and oxygen atoms in total. The van der Waals surface area contributed by atoms with E-state index in [0.717, 1.165) is 26.7 Å². The summed E-state index contributed by atoms with van der Waals surface area (Å²) < 4.78 is 7.12. The average molecular weight is 344 g/mol. The van der Waals surface area contributed by atoms with Crippen LogP contribution < -0.4 is 0 Å². The van der Waals surface area contributed by atoms with Crippen molar-refractivity contribution in [2.45, 2.75) is 31.5 Å². The Kier molecular flexibility index (Phi) is 3.92. The molecule has 0 aliphatic carbocycles. The summed E-state index contributed by atoms with van der Waals surface area (Å²) >= 11 is 1.61. The van der Waals surface area contributed by atoms with E-state index in [1.54, 1.807) is 11.3 Å². The highest BCUT2D eigenvalue weighted by Gasteiger charge is 2.41. The molecule has 3 aromatic rings. The number of hydrogen-bond donors (Lipinski definition) is 2. The van der Waals surface area contributed by atoms with E-state index in [1.165, 1.54) is 0 Å². The van der Waals surface area contributed by atoms with Gasteiger partial charge in [0, 0.05) is 12.1 Å². The Bertz CT molecular complexity index is 826. The second kappa shape index (κ2) is 5.97. The van der Waals surface area contributed by atoms with Gasteiger partial charge >= 0.3 is 0 Å². The lowest BCUT2D eigenvalue weighted by atomic mass is 9.99. The highest BCUT2D eigenvalue weighted by molar-refractivity contribution is 7.21. The number of hydrogen-bond acceptors (Lipinski definition) is 6. The van der Waals surface area contributed by atoms with Crippen molar-refractivity contribution in [1.82, 2.24) is 9.88 Å². The van der Waals surface area contributed by atoms with E-state index >= 15 is 0 Å². The van der Waals surface area contributed by atoms with Gasteiger partial charge in [-0.05, 0) is 37.6 Å². The number of thiazole rings is 1. The van der Waals surface area contributed by atoms with E-state index in [-0.39, 0.29) is 6.61 Å². The smallest absolute Gasteiger partial charge is 0.163 e. The van der Waals surface area contributed by atoms with Gasteiger partial charge in [0.2, 0.25) is 0 Å². The predicted octanol–water partition coefficient (Wildman–Crippen LogP) is 2.87. The van der Waals surface area contributed by atoms with Crippen LogP contribution in [0.2, 0.25) is 0 Å². The number of aromatic nitrogens is 1. The maximum Gasteiger partial charge on any atom is 0.163 e. The molecule has 0 spiro atoms. The van der Waals surface area contributed by atoms with Crippen LogP contribution in [-0.4, -0.2) is 44.9 Å². The van der Waals surface area contributed by atoms with Crippen molar-refractivity contribution in [1.29, 1.82) is 0 Å². The van der Waals surface area contributed by atoms with Crippen LogP contribution in [-0.2, 0) is 6.54 Å². The molecule has 0 amide bonds. The van der Waals surface area contributed by atoms with Gasteiger partial charge in [0.25, 0.3) is 0 Å². The van der Waals surface area contributed by atoms with E-state index in [4.69, 9.17) is 4.42 Å². The monoisotopic (exact) mass is 344 g/mol. The van der Waals surface area contributed by atoms with Crippen molar-refractivity contribution < 1.29 is 14.6 Å². The minimum atomic E-state index is -0.402. The maximum absolute atomic E-state index is 9.92. The fourth-order valence-corrected chi connectivity index (χ4v) is 4.27. The lowest BCUT2D eigenvalue weighted by Crippen LogP contribution is -2.43. The Morgan fingerprint density at radius 2 is 2.17 bits per heavy atom. The van der Waals surface area contributed by atoms with Gasteiger partial charge in [0.15, 0.2) is 10.8 Å². The van der Waals surface area contributed by atoms with E-state index in [9.17, 15) is 10.2 Å². The third-order valence-corrected chi connectivity index (χ3v) is 5.77. The first-order valence-electron chi connectivity index (χ1n) is 8.06. The number of likely N-dealkylation sites (tertiary alicyclic amines) is 1. The number of aliphatic hydroxyl groups excluding tert-OH is 2. The van der Waals surface area contributed by atoms with Gasteiger partial charge in [-0.3, -0.25) is 4.90 Å². The standard InChI is InChI=1S/C18H20N2O3S/c1-18(11-21)8-12(22)9-20(18)10-13-6-7-15(23-13)17-19-14-4-2-3-5-16(14)24-17/h2-7,12,21-22H,8-11H2,1H3. The highest BCUT2D eigenvalue weighted by atomic mass is 32.1. The maximum atomic E-state index is 9.92. The fraction of sp³-hybridized carbons (Fsp3) is 0.389. The van der Waals surface area contributed by atoms with Crippen molar-refractivity contribution in [3.8, 4) is 10.8 Å². The molecule has 0 radical (unpaired) electrons. The summed E-state index contributed by atoms with van der Waals surface area (Å²) in [6.07, 6.45) is 0.176. The van der Waals surface area contributed by atoms with Crippen LogP contribution in [0.25, 0.3) is 21.0 Å².